The van der Waals surface area contributed by atoms with Crippen LogP contribution in [-0.2, 0) is 5.60 Å². The monoisotopic (exact) mass is 283 g/mol. The zero-order valence-electron chi connectivity index (χ0n) is 13.3. The molecule has 0 spiro atoms. The van der Waals surface area contributed by atoms with Crippen molar-refractivity contribution in [3.05, 3.63) is 70.8 Å². The van der Waals surface area contributed by atoms with Crippen molar-refractivity contribution in [1.82, 2.24) is 0 Å². The van der Waals surface area contributed by atoms with Gasteiger partial charge in [-0.1, -0.05) is 73.5 Å². The second-order valence-corrected chi connectivity index (χ2v) is 6.27. The molecule has 0 saturated carbocycles. The van der Waals surface area contributed by atoms with Crippen LogP contribution in [0.3, 0.4) is 0 Å². The molecule has 0 radical (unpaired) electrons. The lowest BCUT2D eigenvalue weighted by Crippen LogP contribution is -2.49. The van der Waals surface area contributed by atoms with Crippen LogP contribution < -0.4 is 5.73 Å². The van der Waals surface area contributed by atoms with Gasteiger partial charge in [-0.05, 0) is 30.9 Å². The second-order valence-electron chi connectivity index (χ2n) is 6.27. The molecular formula is C19H25NO. The molecule has 2 aromatic carbocycles. The van der Waals surface area contributed by atoms with Crippen LogP contribution in [-0.4, -0.2) is 11.1 Å². The molecule has 2 heteroatoms. The van der Waals surface area contributed by atoms with Crippen molar-refractivity contribution in [2.75, 3.05) is 0 Å². The highest BCUT2D eigenvalue weighted by Gasteiger charge is 2.39. The standard InChI is InChI=1S/C19H25NO/c1-13(2)18(20)19(21,16-9-5-14(3)6-10-16)17-11-7-15(4)8-12-17/h5-13,18,21H,20H2,1-4H3/t18-/m0/s1. The molecule has 0 amide bonds. The van der Waals surface area contributed by atoms with E-state index in [0.29, 0.717) is 0 Å². The zero-order chi connectivity index (χ0) is 15.6. The number of aliphatic hydroxyl groups is 1. The van der Waals surface area contributed by atoms with E-state index in [9.17, 15) is 5.11 Å². The summed E-state index contributed by atoms with van der Waals surface area (Å²) in [7, 11) is 0. The molecule has 0 aliphatic carbocycles. The second kappa shape index (κ2) is 6.00. The minimum atomic E-state index is -1.17. The van der Waals surface area contributed by atoms with Gasteiger partial charge < -0.3 is 10.8 Å². The highest BCUT2D eigenvalue weighted by atomic mass is 16.3. The van der Waals surface area contributed by atoms with Crippen molar-refractivity contribution in [3.8, 4) is 0 Å². The predicted molar refractivity (Wildman–Crippen MR) is 88.2 cm³/mol. The molecule has 2 nitrogen and oxygen atoms in total. The van der Waals surface area contributed by atoms with Gasteiger partial charge in [0, 0.05) is 6.04 Å². The van der Waals surface area contributed by atoms with E-state index in [0.717, 1.165) is 11.1 Å². The van der Waals surface area contributed by atoms with Crippen LogP contribution in [0.4, 0.5) is 0 Å². The SMILES string of the molecule is Cc1ccc(C(O)(c2ccc(C)cc2)[C@@H](N)C(C)C)cc1. The summed E-state index contributed by atoms with van der Waals surface area (Å²) in [4.78, 5) is 0. The maximum Gasteiger partial charge on any atom is 0.130 e. The van der Waals surface area contributed by atoms with Crippen LogP contribution in [0, 0.1) is 19.8 Å². The van der Waals surface area contributed by atoms with Gasteiger partial charge in [-0.3, -0.25) is 0 Å². The minimum Gasteiger partial charge on any atom is -0.379 e. The molecule has 0 aliphatic rings. The van der Waals surface area contributed by atoms with Crippen LogP contribution in [0.2, 0.25) is 0 Å². The maximum absolute atomic E-state index is 11.4. The van der Waals surface area contributed by atoms with Crippen molar-refractivity contribution in [2.45, 2.75) is 39.3 Å². The average molecular weight is 283 g/mol. The van der Waals surface area contributed by atoms with E-state index in [4.69, 9.17) is 5.73 Å². The van der Waals surface area contributed by atoms with E-state index in [1.54, 1.807) is 0 Å². The molecule has 0 aliphatic heterocycles. The summed E-state index contributed by atoms with van der Waals surface area (Å²) in [5.74, 6) is 0.164. The molecule has 0 heterocycles. The Morgan fingerprint density at radius 3 is 1.43 bits per heavy atom. The Labute approximate surface area is 127 Å². The Morgan fingerprint density at radius 1 is 0.810 bits per heavy atom. The van der Waals surface area contributed by atoms with Crippen LogP contribution in [0.1, 0.15) is 36.1 Å². The van der Waals surface area contributed by atoms with Crippen molar-refractivity contribution >= 4 is 0 Å². The molecule has 0 fully saturated rings. The Kier molecular flexibility index (Phi) is 4.50. The van der Waals surface area contributed by atoms with Crippen LogP contribution in [0.25, 0.3) is 0 Å². The fourth-order valence-electron chi connectivity index (χ4n) is 2.65. The van der Waals surface area contributed by atoms with Crippen molar-refractivity contribution in [1.29, 1.82) is 0 Å². The zero-order valence-corrected chi connectivity index (χ0v) is 13.3. The molecule has 3 N–H and O–H groups in total. The quantitative estimate of drug-likeness (QED) is 0.902. The van der Waals surface area contributed by atoms with Gasteiger partial charge in [0.05, 0.1) is 0 Å². The normalized spacial score (nSPS) is 13.5. The van der Waals surface area contributed by atoms with Gasteiger partial charge in [0.15, 0.2) is 0 Å². The third-order valence-electron chi connectivity index (χ3n) is 4.18. The molecule has 0 aromatic heterocycles. The molecule has 2 rings (SSSR count). The Morgan fingerprint density at radius 2 is 1.14 bits per heavy atom. The lowest BCUT2D eigenvalue weighted by Gasteiger charge is -2.37. The summed E-state index contributed by atoms with van der Waals surface area (Å²) >= 11 is 0. The first-order valence-corrected chi connectivity index (χ1v) is 7.48. The molecule has 21 heavy (non-hydrogen) atoms. The first kappa shape index (κ1) is 15.7. The van der Waals surface area contributed by atoms with Crippen molar-refractivity contribution in [2.24, 2.45) is 11.7 Å². The smallest absolute Gasteiger partial charge is 0.130 e. The molecule has 2 aromatic rings. The lowest BCUT2D eigenvalue weighted by atomic mass is 9.76. The van der Waals surface area contributed by atoms with Gasteiger partial charge in [-0.2, -0.15) is 0 Å². The Hall–Kier alpha value is -1.64. The van der Waals surface area contributed by atoms with Gasteiger partial charge in [0.1, 0.15) is 5.60 Å². The topological polar surface area (TPSA) is 46.2 Å². The summed E-state index contributed by atoms with van der Waals surface area (Å²) in [6.07, 6.45) is 0. The van der Waals surface area contributed by atoms with Crippen LogP contribution in [0.5, 0.6) is 0 Å². The fourth-order valence-corrected chi connectivity index (χ4v) is 2.65. The summed E-state index contributed by atoms with van der Waals surface area (Å²) in [6, 6.07) is 15.6. The third kappa shape index (κ3) is 3.02. The number of nitrogens with two attached hydrogens (primary N) is 1. The minimum absolute atomic E-state index is 0.164. The van der Waals surface area contributed by atoms with Gasteiger partial charge in [-0.15, -0.1) is 0 Å². The number of rotatable bonds is 4. The van der Waals surface area contributed by atoms with E-state index in [2.05, 4.69) is 0 Å². The van der Waals surface area contributed by atoms with Crippen molar-refractivity contribution < 1.29 is 5.11 Å². The van der Waals surface area contributed by atoms with Crippen LogP contribution >= 0.6 is 0 Å². The first-order chi connectivity index (χ1) is 9.85. The van der Waals surface area contributed by atoms with Crippen molar-refractivity contribution in [3.63, 3.8) is 0 Å². The van der Waals surface area contributed by atoms with Gasteiger partial charge in [0.2, 0.25) is 0 Å². The average Bonchev–Trinajstić information content (AvgIpc) is 2.47. The Bertz CT molecular complexity index is 538. The van der Waals surface area contributed by atoms with Gasteiger partial charge in [0.25, 0.3) is 0 Å². The number of benzene rings is 2. The molecule has 0 unspecified atom stereocenters. The predicted octanol–water partition coefficient (Wildman–Crippen LogP) is 3.52. The summed E-state index contributed by atoms with van der Waals surface area (Å²) in [5, 5.41) is 11.4. The summed E-state index contributed by atoms with van der Waals surface area (Å²) in [6.45, 7) is 8.16. The van der Waals surface area contributed by atoms with Gasteiger partial charge >= 0.3 is 0 Å². The fraction of sp³-hybridized carbons (Fsp3) is 0.368. The summed E-state index contributed by atoms with van der Waals surface area (Å²) < 4.78 is 0. The number of hydrogen-bond donors (Lipinski definition) is 2. The molecular weight excluding hydrogens is 258 g/mol. The van der Waals surface area contributed by atoms with E-state index in [-0.39, 0.29) is 12.0 Å². The molecule has 112 valence electrons. The van der Waals surface area contributed by atoms with E-state index in [1.807, 2.05) is 76.2 Å². The number of hydrogen-bond acceptors (Lipinski definition) is 2. The largest absolute Gasteiger partial charge is 0.379 e. The molecule has 1 atom stereocenters. The highest BCUT2D eigenvalue weighted by Crippen LogP contribution is 2.35. The first-order valence-electron chi connectivity index (χ1n) is 7.48. The van der Waals surface area contributed by atoms with Gasteiger partial charge in [-0.25, -0.2) is 0 Å². The summed E-state index contributed by atoms with van der Waals surface area (Å²) in [5.41, 5.74) is 9.24. The molecule has 0 saturated heterocycles. The maximum atomic E-state index is 11.4. The Balaban J connectivity index is 2.58. The van der Waals surface area contributed by atoms with E-state index in [1.165, 1.54) is 11.1 Å². The van der Waals surface area contributed by atoms with E-state index >= 15 is 0 Å². The number of aryl methyl sites for hydroxylation is 2. The third-order valence-corrected chi connectivity index (χ3v) is 4.18. The molecule has 0 bridgehead atoms. The van der Waals surface area contributed by atoms with E-state index < -0.39 is 5.60 Å². The highest BCUT2D eigenvalue weighted by molar-refractivity contribution is 5.40. The van der Waals surface area contributed by atoms with Crippen LogP contribution in [0.15, 0.2) is 48.5 Å². The lowest BCUT2D eigenvalue weighted by molar-refractivity contribution is 0.0353.